The average molecular weight is 330 g/mol. The summed E-state index contributed by atoms with van der Waals surface area (Å²) in [5.41, 5.74) is 9.22. The van der Waals surface area contributed by atoms with E-state index in [-0.39, 0.29) is 6.04 Å². The van der Waals surface area contributed by atoms with Crippen LogP contribution in [0.3, 0.4) is 0 Å². The van der Waals surface area contributed by atoms with Crippen LogP contribution in [0, 0.1) is 0 Å². The van der Waals surface area contributed by atoms with Crippen molar-refractivity contribution < 1.29 is 9.47 Å². The van der Waals surface area contributed by atoms with E-state index in [1.54, 1.807) is 7.11 Å². The third-order valence-corrected chi connectivity index (χ3v) is 4.12. The molecule has 3 rings (SSSR count). The standard InChI is InChI=1S/C18H26N4O2/c1-14(19)12-24-13-16-9-17-11-21(7-8-22(17)20-16)10-15-3-5-18(23-2)6-4-15/h3-6,9,14H,7-8,10-13,19H2,1-2H3/t14-/m0/s1. The van der Waals surface area contributed by atoms with Crippen LogP contribution in [-0.4, -0.2) is 41.0 Å². The lowest BCUT2D eigenvalue weighted by Crippen LogP contribution is -2.33. The van der Waals surface area contributed by atoms with Gasteiger partial charge in [-0.05, 0) is 30.7 Å². The minimum absolute atomic E-state index is 0.0576. The lowest BCUT2D eigenvalue weighted by Gasteiger charge is -2.27. The fourth-order valence-corrected chi connectivity index (χ4v) is 2.92. The number of benzene rings is 1. The Morgan fingerprint density at radius 3 is 2.75 bits per heavy atom. The Labute approximate surface area is 143 Å². The van der Waals surface area contributed by atoms with E-state index in [0.717, 1.165) is 37.6 Å². The summed E-state index contributed by atoms with van der Waals surface area (Å²) in [4.78, 5) is 2.44. The van der Waals surface area contributed by atoms with Crippen LogP contribution in [0.5, 0.6) is 5.75 Å². The number of nitrogens with two attached hydrogens (primary N) is 1. The number of fused-ring (bicyclic) bond motifs is 1. The van der Waals surface area contributed by atoms with Gasteiger partial charge in [-0.3, -0.25) is 9.58 Å². The molecule has 0 aliphatic carbocycles. The summed E-state index contributed by atoms with van der Waals surface area (Å²) in [5, 5.41) is 4.62. The molecular weight excluding hydrogens is 304 g/mol. The fourth-order valence-electron chi connectivity index (χ4n) is 2.92. The third kappa shape index (κ3) is 4.35. The molecule has 0 saturated heterocycles. The van der Waals surface area contributed by atoms with Crippen LogP contribution in [0.2, 0.25) is 0 Å². The molecule has 130 valence electrons. The zero-order valence-electron chi connectivity index (χ0n) is 14.4. The zero-order valence-corrected chi connectivity index (χ0v) is 14.4. The lowest BCUT2D eigenvalue weighted by molar-refractivity contribution is 0.108. The van der Waals surface area contributed by atoms with E-state index in [2.05, 4.69) is 32.9 Å². The van der Waals surface area contributed by atoms with Crippen molar-refractivity contribution in [2.24, 2.45) is 5.73 Å². The van der Waals surface area contributed by atoms with Crippen molar-refractivity contribution in [1.82, 2.24) is 14.7 Å². The molecule has 6 nitrogen and oxygen atoms in total. The molecule has 0 spiro atoms. The smallest absolute Gasteiger partial charge is 0.118 e. The first-order valence-electron chi connectivity index (χ1n) is 8.38. The second-order valence-electron chi connectivity index (χ2n) is 6.40. The Bertz CT molecular complexity index is 652. The SMILES string of the molecule is COc1ccc(CN2CCn3nc(COC[C@H](C)N)cc3C2)cc1. The summed E-state index contributed by atoms with van der Waals surface area (Å²) < 4.78 is 12.9. The van der Waals surface area contributed by atoms with Gasteiger partial charge in [-0.2, -0.15) is 5.10 Å². The Hall–Kier alpha value is -1.89. The molecule has 0 saturated carbocycles. The third-order valence-electron chi connectivity index (χ3n) is 4.12. The number of aromatic nitrogens is 2. The minimum Gasteiger partial charge on any atom is -0.497 e. The molecule has 0 radical (unpaired) electrons. The number of nitrogens with zero attached hydrogens (tertiary/aromatic N) is 3. The number of hydrogen-bond acceptors (Lipinski definition) is 5. The highest BCUT2D eigenvalue weighted by Gasteiger charge is 2.18. The molecule has 1 aromatic carbocycles. The van der Waals surface area contributed by atoms with Crippen LogP contribution < -0.4 is 10.5 Å². The second kappa shape index (κ2) is 7.79. The highest BCUT2D eigenvalue weighted by molar-refractivity contribution is 5.27. The van der Waals surface area contributed by atoms with E-state index in [1.807, 2.05) is 19.1 Å². The van der Waals surface area contributed by atoms with Crippen LogP contribution in [0.15, 0.2) is 30.3 Å². The molecule has 2 aromatic rings. The highest BCUT2D eigenvalue weighted by Crippen LogP contribution is 2.18. The van der Waals surface area contributed by atoms with E-state index >= 15 is 0 Å². The predicted octanol–water partition coefficient (Wildman–Crippen LogP) is 1.77. The topological polar surface area (TPSA) is 65.5 Å². The van der Waals surface area contributed by atoms with Crippen molar-refractivity contribution in [3.8, 4) is 5.75 Å². The van der Waals surface area contributed by atoms with Crippen molar-refractivity contribution in [3.63, 3.8) is 0 Å². The first-order chi connectivity index (χ1) is 11.6. The molecule has 0 fully saturated rings. The average Bonchev–Trinajstić information content (AvgIpc) is 2.97. The van der Waals surface area contributed by atoms with Crippen LogP contribution in [-0.2, 0) is 31.0 Å². The molecule has 6 heteroatoms. The van der Waals surface area contributed by atoms with Gasteiger partial charge in [0.25, 0.3) is 0 Å². The van der Waals surface area contributed by atoms with Gasteiger partial charge in [0.2, 0.25) is 0 Å². The van der Waals surface area contributed by atoms with Gasteiger partial charge in [-0.15, -0.1) is 0 Å². The molecule has 2 heterocycles. The zero-order chi connectivity index (χ0) is 16.9. The maximum absolute atomic E-state index is 5.70. The van der Waals surface area contributed by atoms with Crippen molar-refractivity contribution in [2.45, 2.75) is 39.2 Å². The van der Waals surface area contributed by atoms with Crippen LogP contribution in [0.25, 0.3) is 0 Å². The normalized spacial score (nSPS) is 16.0. The van der Waals surface area contributed by atoms with Crippen LogP contribution >= 0.6 is 0 Å². The van der Waals surface area contributed by atoms with Gasteiger partial charge in [0.05, 0.1) is 38.3 Å². The first kappa shape index (κ1) is 17.0. The fraction of sp³-hybridized carbons (Fsp3) is 0.500. The minimum atomic E-state index is 0.0576. The van der Waals surface area contributed by atoms with Gasteiger partial charge in [0.15, 0.2) is 0 Å². The number of rotatable bonds is 7. The molecule has 1 aliphatic rings. The first-order valence-corrected chi connectivity index (χ1v) is 8.38. The Morgan fingerprint density at radius 1 is 1.25 bits per heavy atom. The summed E-state index contributed by atoms with van der Waals surface area (Å²) in [7, 11) is 1.69. The molecule has 1 aliphatic heterocycles. The Kier molecular flexibility index (Phi) is 5.50. The highest BCUT2D eigenvalue weighted by atomic mass is 16.5. The van der Waals surface area contributed by atoms with Gasteiger partial charge in [-0.1, -0.05) is 12.1 Å². The molecule has 0 amide bonds. The van der Waals surface area contributed by atoms with Gasteiger partial charge < -0.3 is 15.2 Å². The molecule has 24 heavy (non-hydrogen) atoms. The molecule has 2 N–H and O–H groups in total. The van der Waals surface area contributed by atoms with E-state index in [4.69, 9.17) is 15.2 Å². The van der Waals surface area contributed by atoms with E-state index in [1.165, 1.54) is 11.3 Å². The van der Waals surface area contributed by atoms with E-state index in [9.17, 15) is 0 Å². The van der Waals surface area contributed by atoms with Gasteiger partial charge in [0.1, 0.15) is 5.75 Å². The van der Waals surface area contributed by atoms with Crippen molar-refractivity contribution in [1.29, 1.82) is 0 Å². The Morgan fingerprint density at radius 2 is 2.04 bits per heavy atom. The molecule has 0 bridgehead atoms. The van der Waals surface area contributed by atoms with Crippen molar-refractivity contribution in [3.05, 3.63) is 47.3 Å². The number of hydrogen-bond donors (Lipinski definition) is 1. The van der Waals surface area contributed by atoms with Gasteiger partial charge in [-0.25, -0.2) is 0 Å². The predicted molar refractivity (Wildman–Crippen MR) is 92.6 cm³/mol. The maximum Gasteiger partial charge on any atom is 0.118 e. The Balaban J connectivity index is 1.56. The van der Waals surface area contributed by atoms with E-state index < -0.39 is 0 Å². The largest absolute Gasteiger partial charge is 0.497 e. The van der Waals surface area contributed by atoms with Crippen molar-refractivity contribution in [2.75, 3.05) is 20.3 Å². The maximum atomic E-state index is 5.70. The van der Waals surface area contributed by atoms with Gasteiger partial charge in [0, 0.05) is 25.7 Å². The molecular formula is C18H26N4O2. The van der Waals surface area contributed by atoms with Crippen LogP contribution in [0.4, 0.5) is 0 Å². The van der Waals surface area contributed by atoms with Gasteiger partial charge >= 0.3 is 0 Å². The molecule has 1 aromatic heterocycles. The number of methoxy groups -OCH3 is 1. The summed E-state index contributed by atoms with van der Waals surface area (Å²) in [6.07, 6.45) is 0. The summed E-state index contributed by atoms with van der Waals surface area (Å²) in [6.45, 7) is 6.79. The van der Waals surface area contributed by atoms with Crippen LogP contribution in [0.1, 0.15) is 23.9 Å². The second-order valence-corrected chi connectivity index (χ2v) is 6.40. The monoisotopic (exact) mass is 330 g/mol. The summed E-state index contributed by atoms with van der Waals surface area (Å²) >= 11 is 0. The summed E-state index contributed by atoms with van der Waals surface area (Å²) in [6, 6.07) is 10.5. The van der Waals surface area contributed by atoms with E-state index in [0.29, 0.717) is 13.2 Å². The number of ether oxygens (including phenoxy) is 2. The molecule has 0 unspecified atom stereocenters. The lowest BCUT2D eigenvalue weighted by atomic mass is 10.2. The van der Waals surface area contributed by atoms with Crippen molar-refractivity contribution >= 4 is 0 Å². The quantitative estimate of drug-likeness (QED) is 0.838. The summed E-state index contributed by atoms with van der Waals surface area (Å²) in [5.74, 6) is 0.895. The molecule has 1 atom stereocenters.